The summed E-state index contributed by atoms with van der Waals surface area (Å²) >= 11 is 1.20. The Morgan fingerprint density at radius 2 is 1.50 bits per heavy atom. The molecule has 0 saturated heterocycles. The summed E-state index contributed by atoms with van der Waals surface area (Å²) in [6.45, 7) is -0.294. The van der Waals surface area contributed by atoms with E-state index in [2.05, 4.69) is 4.98 Å². The van der Waals surface area contributed by atoms with E-state index in [9.17, 15) is 22.0 Å². The summed E-state index contributed by atoms with van der Waals surface area (Å²) in [7, 11) is 0. The molecule has 26 heavy (non-hydrogen) atoms. The van der Waals surface area contributed by atoms with Gasteiger partial charge in [-0.3, -0.25) is 0 Å². The first-order valence-corrected chi connectivity index (χ1v) is 8.09. The molecule has 1 heterocycles. The molecule has 0 saturated carbocycles. The predicted octanol–water partition coefficient (Wildman–Crippen LogP) is 5.00. The van der Waals surface area contributed by atoms with Crippen molar-refractivity contribution in [1.82, 2.24) is 4.98 Å². The van der Waals surface area contributed by atoms with Crippen LogP contribution in [0.1, 0.15) is 10.7 Å². The zero-order chi connectivity index (χ0) is 18.7. The van der Waals surface area contributed by atoms with E-state index in [1.807, 2.05) is 0 Å². The van der Waals surface area contributed by atoms with E-state index in [1.165, 1.54) is 35.6 Å². The average molecular weight is 387 g/mol. The highest BCUT2D eigenvalue weighted by Crippen LogP contribution is 2.27. The molecule has 0 atom stereocenters. The topological polar surface area (TPSA) is 31.4 Å². The van der Waals surface area contributed by atoms with Gasteiger partial charge in [-0.1, -0.05) is 0 Å². The molecule has 3 aromatic rings. The molecular weight excluding hydrogens is 377 g/mol. The predicted molar refractivity (Wildman–Crippen MR) is 83.5 cm³/mol. The first-order valence-electron chi connectivity index (χ1n) is 7.21. The molecule has 0 spiro atoms. The van der Waals surface area contributed by atoms with Crippen LogP contribution in [0.4, 0.5) is 22.0 Å². The second-order valence-corrected chi connectivity index (χ2v) is 6.00. The third-order valence-electron chi connectivity index (χ3n) is 3.21. The molecule has 1 aromatic heterocycles. The summed E-state index contributed by atoms with van der Waals surface area (Å²) in [5.41, 5.74) is 0.302. The van der Waals surface area contributed by atoms with Crippen LogP contribution in [0.3, 0.4) is 0 Å². The van der Waals surface area contributed by atoms with Gasteiger partial charge in [-0.25, -0.2) is 18.2 Å². The summed E-state index contributed by atoms with van der Waals surface area (Å²) < 4.78 is 76.3. The van der Waals surface area contributed by atoms with E-state index >= 15 is 0 Å². The average Bonchev–Trinajstić information content (AvgIpc) is 3.07. The van der Waals surface area contributed by atoms with Gasteiger partial charge in [0.15, 0.2) is 17.4 Å². The zero-order valence-electron chi connectivity index (χ0n) is 12.9. The van der Waals surface area contributed by atoms with Gasteiger partial charge < -0.3 is 9.47 Å². The summed E-state index contributed by atoms with van der Waals surface area (Å²) in [6, 6.07) is 5.51. The molecule has 0 aliphatic rings. The van der Waals surface area contributed by atoms with E-state index in [0.29, 0.717) is 16.5 Å². The smallest absolute Gasteiger partial charge is 0.203 e. The van der Waals surface area contributed by atoms with Gasteiger partial charge in [0.1, 0.15) is 29.8 Å². The van der Waals surface area contributed by atoms with Crippen molar-refractivity contribution >= 4 is 11.3 Å². The Balaban J connectivity index is 1.61. The number of halogens is 5. The Bertz CT molecular complexity index is 888. The lowest BCUT2D eigenvalue weighted by Crippen LogP contribution is -2.04. The number of nitrogens with zero attached hydrogens (tertiary/aromatic N) is 1. The molecule has 136 valence electrons. The Morgan fingerprint density at radius 1 is 0.846 bits per heavy atom. The van der Waals surface area contributed by atoms with E-state index in [4.69, 9.17) is 9.47 Å². The van der Waals surface area contributed by atoms with Crippen LogP contribution in [0, 0.1) is 29.1 Å². The molecular formula is C17H10F5NO2S. The second-order valence-electron chi connectivity index (χ2n) is 5.06. The number of hydrogen-bond acceptors (Lipinski definition) is 4. The van der Waals surface area contributed by atoms with Gasteiger partial charge in [-0.2, -0.15) is 8.78 Å². The maximum Gasteiger partial charge on any atom is 0.203 e. The van der Waals surface area contributed by atoms with E-state index in [0.717, 1.165) is 0 Å². The van der Waals surface area contributed by atoms with Crippen molar-refractivity contribution in [2.45, 2.75) is 13.2 Å². The van der Waals surface area contributed by atoms with Gasteiger partial charge >= 0.3 is 0 Å². The first kappa shape index (κ1) is 18.1. The largest absolute Gasteiger partial charge is 0.486 e. The summed E-state index contributed by atoms with van der Waals surface area (Å²) in [5.74, 6) is -7.41. The van der Waals surface area contributed by atoms with Gasteiger partial charge in [0.05, 0.1) is 5.69 Å². The number of rotatable bonds is 6. The highest BCUT2D eigenvalue weighted by Gasteiger charge is 2.21. The molecule has 0 amide bonds. The van der Waals surface area contributed by atoms with Crippen LogP contribution in [0.25, 0.3) is 0 Å². The molecule has 3 nitrogen and oxygen atoms in total. The summed E-state index contributed by atoms with van der Waals surface area (Å²) in [4.78, 5) is 4.12. The van der Waals surface area contributed by atoms with Gasteiger partial charge in [-0.15, -0.1) is 11.3 Å². The van der Waals surface area contributed by atoms with Gasteiger partial charge in [0.25, 0.3) is 0 Å². The minimum absolute atomic E-state index is 0.0909. The maximum atomic E-state index is 13.5. The van der Waals surface area contributed by atoms with E-state index in [-0.39, 0.29) is 25.1 Å². The quantitative estimate of drug-likeness (QED) is 0.441. The second kappa shape index (κ2) is 7.69. The molecule has 0 aliphatic carbocycles. The van der Waals surface area contributed by atoms with Crippen LogP contribution in [0.2, 0.25) is 0 Å². The lowest BCUT2D eigenvalue weighted by Gasteiger charge is -2.08. The van der Waals surface area contributed by atoms with Crippen molar-refractivity contribution in [2.75, 3.05) is 0 Å². The lowest BCUT2D eigenvalue weighted by molar-refractivity contribution is 0.257. The van der Waals surface area contributed by atoms with Crippen LogP contribution in [-0.4, -0.2) is 4.98 Å². The molecule has 0 unspecified atom stereocenters. The molecule has 0 bridgehead atoms. The number of hydrogen-bond donors (Lipinski definition) is 0. The SMILES string of the molecule is Fc1ccc(OCc2nc(COc3c(F)c(F)cc(F)c3F)cs2)cc1. The van der Waals surface area contributed by atoms with Crippen molar-refractivity contribution in [3.8, 4) is 11.5 Å². The molecule has 2 aromatic carbocycles. The maximum absolute atomic E-state index is 13.5. The van der Waals surface area contributed by atoms with E-state index < -0.39 is 29.0 Å². The van der Waals surface area contributed by atoms with Crippen molar-refractivity contribution in [2.24, 2.45) is 0 Å². The minimum atomic E-state index is -1.61. The number of ether oxygens (including phenoxy) is 2. The van der Waals surface area contributed by atoms with Crippen LogP contribution >= 0.6 is 11.3 Å². The molecule has 0 radical (unpaired) electrons. The van der Waals surface area contributed by atoms with Gasteiger partial charge in [0, 0.05) is 11.4 Å². The third kappa shape index (κ3) is 4.10. The summed E-state index contributed by atoms with van der Waals surface area (Å²) in [5, 5.41) is 2.08. The lowest BCUT2D eigenvalue weighted by atomic mass is 10.3. The standard InChI is InChI=1S/C17H10F5NO2S/c18-9-1-3-11(4-2-9)24-7-14-23-10(8-26-14)6-25-17-15(21)12(19)5-13(20)16(17)22/h1-5,8H,6-7H2. The first-order chi connectivity index (χ1) is 12.4. The minimum Gasteiger partial charge on any atom is -0.486 e. The Morgan fingerprint density at radius 3 is 2.15 bits per heavy atom. The number of aromatic nitrogens is 1. The molecule has 0 N–H and O–H groups in total. The Labute approximate surface area is 148 Å². The van der Waals surface area contributed by atoms with Crippen LogP contribution in [0.5, 0.6) is 11.5 Å². The summed E-state index contributed by atoms with van der Waals surface area (Å²) in [6.07, 6.45) is 0. The van der Waals surface area contributed by atoms with Crippen LogP contribution in [0.15, 0.2) is 35.7 Å². The molecule has 3 rings (SSSR count). The molecule has 9 heteroatoms. The Kier molecular flexibility index (Phi) is 5.36. The zero-order valence-corrected chi connectivity index (χ0v) is 13.8. The van der Waals surface area contributed by atoms with Crippen LogP contribution < -0.4 is 9.47 Å². The monoisotopic (exact) mass is 387 g/mol. The van der Waals surface area contributed by atoms with Crippen molar-refractivity contribution in [3.05, 3.63) is 75.5 Å². The van der Waals surface area contributed by atoms with Gasteiger partial charge in [-0.05, 0) is 24.3 Å². The van der Waals surface area contributed by atoms with Crippen molar-refractivity contribution in [3.63, 3.8) is 0 Å². The fraction of sp³-hybridized carbons (Fsp3) is 0.118. The molecule has 0 fully saturated rings. The highest BCUT2D eigenvalue weighted by atomic mass is 32.1. The highest BCUT2D eigenvalue weighted by molar-refractivity contribution is 7.09. The third-order valence-corrected chi connectivity index (χ3v) is 4.08. The fourth-order valence-corrected chi connectivity index (χ4v) is 2.67. The van der Waals surface area contributed by atoms with E-state index in [1.54, 1.807) is 5.38 Å². The number of benzene rings is 2. The number of thiazole rings is 1. The van der Waals surface area contributed by atoms with Crippen molar-refractivity contribution in [1.29, 1.82) is 0 Å². The normalized spacial score (nSPS) is 10.8. The fourth-order valence-electron chi connectivity index (χ4n) is 1.98. The molecule has 0 aliphatic heterocycles. The van der Waals surface area contributed by atoms with Crippen LogP contribution in [-0.2, 0) is 13.2 Å². The Hall–Kier alpha value is -2.68. The van der Waals surface area contributed by atoms with Crippen molar-refractivity contribution < 1.29 is 31.4 Å². The van der Waals surface area contributed by atoms with Gasteiger partial charge in [0.2, 0.25) is 11.6 Å².